The SMILES string of the molecule is [2H]C([2H])([2H])[N+](CC(=O)CCCCCCCCCCCCC)(C([2H])([2H])[2H])C([2H])([2H])[C@]([2H])(O)CC(=O)O. The van der Waals surface area contributed by atoms with E-state index in [0.717, 1.165) is 25.7 Å². The van der Waals surface area contributed by atoms with Crippen molar-refractivity contribution < 1.29 is 36.6 Å². The number of carboxylic acids is 1. The van der Waals surface area contributed by atoms with Crippen molar-refractivity contribution in [3.63, 3.8) is 0 Å². The molecule has 0 bridgehead atoms. The van der Waals surface area contributed by atoms with Crippen molar-refractivity contribution in [2.24, 2.45) is 0 Å². The minimum Gasteiger partial charge on any atom is -0.481 e. The summed E-state index contributed by atoms with van der Waals surface area (Å²) in [7, 11) is 0. The Morgan fingerprint density at radius 3 is 1.96 bits per heavy atom. The van der Waals surface area contributed by atoms with Gasteiger partial charge in [0.15, 0.2) is 5.78 Å². The normalized spacial score (nSPS) is 20.8. The Kier molecular flexibility index (Phi) is 7.73. The van der Waals surface area contributed by atoms with E-state index in [9.17, 15) is 14.7 Å². The standard InChI is InChI=1S/C21H41NO4/c1-4-5-6-7-8-9-10-11-12-13-14-15-19(23)17-22(2,3)18-20(24)16-21(25)26/h20,24H,4-18H2,1-3H3/p+1/t20-/m1/s1/i2D3,3D3,18D2,20D. The summed E-state index contributed by atoms with van der Waals surface area (Å²) in [5.41, 5.74) is 0. The molecule has 0 radical (unpaired) electrons. The van der Waals surface area contributed by atoms with Crippen molar-refractivity contribution >= 4 is 11.8 Å². The third-order valence-electron chi connectivity index (χ3n) is 4.11. The van der Waals surface area contributed by atoms with Crippen LogP contribution in [0.2, 0.25) is 0 Å². The zero-order chi connectivity index (χ0) is 27.6. The number of hydrogen-bond acceptors (Lipinski definition) is 3. The number of unbranched alkanes of at least 4 members (excludes halogenated alkanes) is 10. The monoisotopic (exact) mass is 381 g/mol. The van der Waals surface area contributed by atoms with Crippen LogP contribution < -0.4 is 0 Å². The van der Waals surface area contributed by atoms with Gasteiger partial charge >= 0.3 is 5.97 Å². The summed E-state index contributed by atoms with van der Waals surface area (Å²) in [6.07, 6.45) is 5.81. The van der Waals surface area contributed by atoms with E-state index in [1.807, 2.05) is 0 Å². The number of carbonyl (C=O) groups is 2. The fourth-order valence-electron chi connectivity index (χ4n) is 2.77. The molecule has 0 spiro atoms. The van der Waals surface area contributed by atoms with E-state index in [4.69, 9.17) is 17.4 Å². The van der Waals surface area contributed by atoms with Crippen molar-refractivity contribution in [1.82, 2.24) is 0 Å². The summed E-state index contributed by atoms with van der Waals surface area (Å²) in [6, 6.07) is 0. The van der Waals surface area contributed by atoms with E-state index in [2.05, 4.69) is 6.92 Å². The predicted molar refractivity (Wildman–Crippen MR) is 106 cm³/mol. The first-order chi connectivity index (χ1) is 15.9. The number of aliphatic hydroxyl groups is 1. The van der Waals surface area contributed by atoms with E-state index >= 15 is 0 Å². The maximum Gasteiger partial charge on any atom is 0.306 e. The molecule has 0 aliphatic rings. The molecule has 0 saturated heterocycles. The largest absolute Gasteiger partial charge is 0.481 e. The molecule has 0 heterocycles. The smallest absolute Gasteiger partial charge is 0.306 e. The summed E-state index contributed by atoms with van der Waals surface area (Å²) in [4.78, 5) is 23.7. The number of hydrogen-bond donors (Lipinski definition) is 2. The van der Waals surface area contributed by atoms with Gasteiger partial charge in [0, 0.05) is 6.42 Å². The van der Waals surface area contributed by atoms with Gasteiger partial charge in [-0.25, -0.2) is 0 Å². The summed E-state index contributed by atoms with van der Waals surface area (Å²) in [5, 5.41) is 19.2. The molecule has 5 nitrogen and oxygen atoms in total. The van der Waals surface area contributed by atoms with Crippen LogP contribution in [0.3, 0.4) is 0 Å². The topological polar surface area (TPSA) is 74.6 Å². The zero-order valence-electron chi connectivity index (χ0n) is 25.1. The number of nitrogens with zero attached hydrogens (tertiary/aromatic N) is 1. The van der Waals surface area contributed by atoms with Crippen LogP contribution in [0.5, 0.6) is 0 Å². The molecule has 0 aliphatic heterocycles. The molecule has 1 atom stereocenters. The third-order valence-corrected chi connectivity index (χ3v) is 4.11. The van der Waals surface area contributed by atoms with Crippen molar-refractivity contribution in [2.75, 3.05) is 27.0 Å². The molecular formula is C21H42NO4+. The van der Waals surface area contributed by atoms with Gasteiger partial charge < -0.3 is 14.7 Å². The van der Waals surface area contributed by atoms with Gasteiger partial charge in [-0.1, -0.05) is 71.1 Å². The zero-order valence-corrected chi connectivity index (χ0v) is 16.1. The second-order valence-corrected chi connectivity index (χ2v) is 6.92. The van der Waals surface area contributed by atoms with E-state index in [1.54, 1.807) is 0 Å². The van der Waals surface area contributed by atoms with Crippen molar-refractivity contribution in [3.05, 3.63) is 0 Å². The second-order valence-electron chi connectivity index (χ2n) is 6.92. The molecule has 5 heteroatoms. The van der Waals surface area contributed by atoms with Gasteiger partial charge in [-0.3, -0.25) is 9.59 Å². The molecule has 2 N–H and O–H groups in total. The maximum atomic E-state index is 12.7. The first kappa shape index (κ1) is 13.3. The number of carboxylic acid groups (broad SMARTS) is 1. The molecule has 0 fully saturated rings. The van der Waals surface area contributed by atoms with Crippen LogP contribution in [0.15, 0.2) is 0 Å². The van der Waals surface area contributed by atoms with E-state index < -0.39 is 55.7 Å². The highest BCUT2D eigenvalue weighted by atomic mass is 16.4. The molecule has 26 heavy (non-hydrogen) atoms. The summed E-state index contributed by atoms with van der Waals surface area (Å²) in [6.45, 7) is -10.4. The fraction of sp³-hybridized carbons (Fsp3) is 0.905. The van der Waals surface area contributed by atoms with Crippen molar-refractivity contribution in [1.29, 1.82) is 0 Å². The average Bonchev–Trinajstić information content (AvgIpc) is 2.67. The van der Waals surface area contributed by atoms with Crippen LogP contribution in [-0.2, 0) is 9.59 Å². The summed E-state index contributed by atoms with van der Waals surface area (Å²) in [5.74, 6) is -2.67. The Morgan fingerprint density at radius 1 is 1.00 bits per heavy atom. The number of quaternary nitrogens is 1. The van der Waals surface area contributed by atoms with Crippen molar-refractivity contribution in [2.45, 2.75) is 96.5 Å². The highest BCUT2D eigenvalue weighted by molar-refractivity contribution is 5.79. The summed E-state index contributed by atoms with van der Waals surface area (Å²) >= 11 is 0. The Balaban J connectivity index is 5.22. The first-order valence-corrected chi connectivity index (χ1v) is 9.71. The van der Waals surface area contributed by atoms with Crippen LogP contribution in [0.1, 0.15) is 103 Å². The highest BCUT2D eigenvalue weighted by Gasteiger charge is 2.24. The van der Waals surface area contributed by atoms with E-state index in [-0.39, 0.29) is 6.42 Å². The van der Waals surface area contributed by atoms with Gasteiger partial charge in [-0.05, 0) is 6.42 Å². The Hall–Kier alpha value is -0.940. The number of ketones is 1. The number of carbonyl (C=O) groups excluding carboxylic acids is 1. The van der Waals surface area contributed by atoms with Crippen LogP contribution in [0.25, 0.3) is 0 Å². The van der Waals surface area contributed by atoms with Gasteiger partial charge in [0.2, 0.25) is 0 Å². The lowest BCUT2D eigenvalue weighted by Crippen LogP contribution is -2.48. The Morgan fingerprint density at radius 2 is 1.50 bits per heavy atom. The number of rotatable bonds is 18. The molecule has 0 saturated carbocycles. The third kappa shape index (κ3) is 16.5. The molecule has 0 unspecified atom stereocenters. The van der Waals surface area contributed by atoms with Crippen molar-refractivity contribution in [3.8, 4) is 0 Å². The van der Waals surface area contributed by atoms with Gasteiger partial charge in [0.25, 0.3) is 0 Å². The second kappa shape index (κ2) is 15.2. The molecule has 0 rings (SSSR count). The molecular weight excluding hydrogens is 330 g/mol. The maximum absolute atomic E-state index is 12.7. The fourth-order valence-corrected chi connectivity index (χ4v) is 2.77. The van der Waals surface area contributed by atoms with Crippen LogP contribution in [0.4, 0.5) is 0 Å². The lowest BCUT2D eigenvalue weighted by atomic mass is 10.0. The van der Waals surface area contributed by atoms with Gasteiger partial charge in [0.05, 0.1) is 32.7 Å². The van der Waals surface area contributed by atoms with E-state index in [1.165, 1.54) is 32.1 Å². The molecule has 0 amide bonds. The van der Waals surface area contributed by atoms with Gasteiger partial charge in [-0.2, -0.15) is 0 Å². The molecule has 154 valence electrons. The first-order valence-electron chi connectivity index (χ1n) is 14.2. The average molecular weight is 382 g/mol. The highest BCUT2D eigenvalue weighted by Crippen LogP contribution is 2.12. The number of likely N-dealkylation sites (N-methyl/N-ethyl adjacent to an activating group) is 1. The quantitative estimate of drug-likeness (QED) is 0.276. The number of aliphatic carboxylic acids is 1. The molecule has 0 aromatic heterocycles. The van der Waals surface area contributed by atoms with Crippen LogP contribution in [-0.4, -0.2) is 59.5 Å². The van der Waals surface area contributed by atoms with E-state index in [0.29, 0.717) is 12.8 Å². The minimum absolute atomic E-state index is 0.186. The van der Waals surface area contributed by atoms with Gasteiger partial charge in [-0.15, -0.1) is 0 Å². The number of Topliss-reactive ketones (excluding diaryl/α,β-unsaturated/α-hetero) is 1. The van der Waals surface area contributed by atoms with Gasteiger partial charge in [0.1, 0.15) is 19.1 Å². The Bertz CT molecular complexity index is 650. The molecule has 0 aliphatic carbocycles. The Labute approximate surface area is 173 Å². The van der Waals surface area contributed by atoms with Crippen LogP contribution >= 0.6 is 0 Å². The minimum atomic E-state index is -3.84. The summed E-state index contributed by atoms with van der Waals surface area (Å²) < 4.78 is 68.2. The molecule has 0 aromatic rings. The molecule has 0 aromatic carbocycles. The lowest BCUT2D eigenvalue weighted by Gasteiger charge is -2.30. The van der Waals surface area contributed by atoms with Crippen LogP contribution in [0, 0.1) is 0 Å². The predicted octanol–water partition coefficient (Wildman–Crippen LogP) is 4.17. The lowest BCUT2D eigenvalue weighted by molar-refractivity contribution is -0.885.